The first-order valence-electron chi connectivity index (χ1n) is 17.3. The van der Waals surface area contributed by atoms with Crippen LogP contribution in [0.5, 0.6) is 0 Å². The van der Waals surface area contributed by atoms with E-state index >= 15 is 0 Å². The van der Waals surface area contributed by atoms with Gasteiger partial charge in [0.15, 0.2) is 0 Å². The molecule has 4 aromatic rings. The molecular formula is C39H46N6O4. The van der Waals surface area contributed by atoms with Crippen molar-refractivity contribution in [3.63, 3.8) is 0 Å². The van der Waals surface area contributed by atoms with Crippen molar-refractivity contribution in [1.82, 2.24) is 29.7 Å². The molecule has 1 aliphatic carbocycles. The minimum absolute atomic E-state index is 0.119. The van der Waals surface area contributed by atoms with E-state index in [2.05, 4.69) is 69.6 Å². The molecule has 2 aliphatic heterocycles. The number of hydrogen-bond acceptors (Lipinski definition) is 6. The Kier molecular flexibility index (Phi) is 8.37. The van der Waals surface area contributed by atoms with Crippen LogP contribution in [-0.4, -0.2) is 66.2 Å². The van der Waals surface area contributed by atoms with Crippen molar-refractivity contribution in [2.24, 2.45) is 5.92 Å². The van der Waals surface area contributed by atoms with E-state index in [0.29, 0.717) is 19.0 Å². The molecule has 10 nitrogen and oxygen atoms in total. The minimum atomic E-state index is -0.564. The number of hydrogen-bond donors (Lipinski definition) is 2. The Bertz CT molecular complexity index is 1850. The molecule has 3 aliphatic rings. The summed E-state index contributed by atoms with van der Waals surface area (Å²) in [5, 5.41) is 0. The molecule has 49 heavy (non-hydrogen) atoms. The van der Waals surface area contributed by atoms with E-state index in [1.807, 2.05) is 53.9 Å². The van der Waals surface area contributed by atoms with Gasteiger partial charge >= 0.3 is 12.2 Å². The first-order chi connectivity index (χ1) is 23.3. The lowest BCUT2D eigenvalue weighted by Gasteiger charge is -2.28. The van der Waals surface area contributed by atoms with Crippen LogP contribution in [-0.2, 0) is 9.47 Å². The molecule has 0 radical (unpaired) electrons. The molecular weight excluding hydrogens is 616 g/mol. The molecule has 0 bridgehead atoms. The molecule has 2 N–H and O–H groups in total. The molecule has 7 rings (SSSR count). The summed E-state index contributed by atoms with van der Waals surface area (Å²) in [5.74, 6) is 2.09. The van der Waals surface area contributed by atoms with Gasteiger partial charge in [-0.05, 0) is 101 Å². The molecule has 2 amide bonds. The third-order valence-corrected chi connectivity index (χ3v) is 9.18. The summed E-state index contributed by atoms with van der Waals surface area (Å²) in [6, 6.07) is 16.4. The van der Waals surface area contributed by atoms with Crippen molar-refractivity contribution < 1.29 is 19.1 Å². The Morgan fingerprint density at radius 1 is 0.694 bits per heavy atom. The summed E-state index contributed by atoms with van der Waals surface area (Å²) in [6.07, 6.45) is 9.38. The topological polar surface area (TPSA) is 116 Å². The number of rotatable bonds is 6. The second kappa shape index (κ2) is 12.5. The highest BCUT2D eigenvalue weighted by molar-refractivity contribution is 5.73. The number of H-pyrrole nitrogens is 2. The lowest BCUT2D eigenvalue weighted by Crippen LogP contribution is -2.37. The number of aromatic nitrogens is 4. The number of ether oxygens (including phenoxy) is 2. The van der Waals surface area contributed by atoms with Crippen LogP contribution in [0.1, 0.15) is 91.0 Å². The highest BCUT2D eigenvalue weighted by Crippen LogP contribution is 2.43. The van der Waals surface area contributed by atoms with Gasteiger partial charge in [-0.1, -0.05) is 54.6 Å². The average Bonchev–Trinajstić information content (AvgIpc) is 3.50. The maximum atomic E-state index is 13.1. The van der Waals surface area contributed by atoms with Crippen molar-refractivity contribution in [3.05, 3.63) is 84.2 Å². The maximum Gasteiger partial charge on any atom is 0.411 e. The first kappa shape index (κ1) is 32.7. The number of imidazole rings is 2. The minimum Gasteiger partial charge on any atom is -0.444 e. The van der Waals surface area contributed by atoms with Gasteiger partial charge in [0.25, 0.3) is 0 Å². The smallest absolute Gasteiger partial charge is 0.411 e. The van der Waals surface area contributed by atoms with Gasteiger partial charge in [0, 0.05) is 13.1 Å². The predicted molar refractivity (Wildman–Crippen MR) is 188 cm³/mol. The van der Waals surface area contributed by atoms with Gasteiger partial charge in [0.05, 0.1) is 29.8 Å². The van der Waals surface area contributed by atoms with Crippen molar-refractivity contribution in [1.29, 1.82) is 0 Å². The van der Waals surface area contributed by atoms with E-state index in [1.165, 1.54) is 18.4 Å². The highest BCUT2D eigenvalue weighted by Gasteiger charge is 2.40. The number of carbonyl (C=O) groups is 2. The summed E-state index contributed by atoms with van der Waals surface area (Å²) in [4.78, 5) is 45.8. The molecule has 10 heteroatoms. The van der Waals surface area contributed by atoms with Crippen LogP contribution in [0, 0.1) is 5.92 Å². The van der Waals surface area contributed by atoms with E-state index in [9.17, 15) is 9.59 Å². The average molecular weight is 663 g/mol. The van der Waals surface area contributed by atoms with Gasteiger partial charge < -0.3 is 19.4 Å². The zero-order chi connectivity index (χ0) is 34.5. The summed E-state index contributed by atoms with van der Waals surface area (Å²) in [6.45, 7) is 12.6. The van der Waals surface area contributed by atoms with Crippen LogP contribution in [0.25, 0.3) is 33.6 Å². The van der Waals surface area contributed by atoms with Gasteiger partial charge in [-0.25, -0.2) is 19.6 Å². The number of likely N-dealkylation sites (tertiary alicyclic amines) is 1. The van der Waals surface area contributed by atoms with E-state index < -0.39 is 11.2 Å². The van der Waals surface area contributed by atoms with Gasteiger partial charge in [0.2, 0.25) is 0 Å². The Hall–Kier alpha value is -4.86. The Balaban J connectivity index is 1.03. The van der Waals surface area contributed by atoms with Gasteiger partial charge in [0.1, 0.15) is 28.9 Å². The number of benzene rings is 2. The van der Waals surface area contributed by atoms with Crippen LogP contribution in [0.4, 0.5) is 9.59 Å². The Labute approximate surface area is 287 Å². The lowest BCUT2D eigenvalue weighted by molar-refractivity contribution is 0.0213. The van der Waals surface area contributed by atoms with Crippen LogP contribution in [0.2, 0.25) is 0 Å². The zero-order valence-electron chi connectivity index (χ0n) is 29.2. The fourth-order valence-corrected chi connectivity index (χ4v) is 6.65. The molecule has 256 valence electrons. The quantitative estimate of drug-likeness (QED) is 0.199. The lowest BCUT2D eigenvalue weighted by atomic mass is 10.0. The molecule has 4 heterocycles. The molecule has 1 saturated carbocycles. The van der Waals surface area contributed by atoms with Crippen molar-refractivity contribution in [3.8, 4) is 33.6 Å². The standard InChI is InChI=1S/C39H46N6O4/c1-38(2,3)48-36(46)44-19-7-8-32(44)34-40-21-30(42-34)27-15-11-24(12-16-27)25-13-17-28(18-14-25)31-22-41-35(43-31)33-20-29(26-9-10-26)23-45(33)37(47)49-39(4,5)6/h11-18,20-22,26,32-33H,7-10,19,23H2,1-6H3,(H,40,42)(H,41,43). The molecule has 1 saturated heterocycles. The zero-order valence-corrected chi connectivity index (χ0v) is 29.2. The first-order valence-corrected chi connectivity index (χ1v) is 17.3. The summed E-state index contributed by atoms with van der Waals surface area (Å²) in [7, 11) is 0. The molecule has 2 atom stereocenters. The Morgan fingerprint density at radius 3 is 1.71 bits per heavy atom. The number of carbonyl (C=O) groups excluding carboxylic acids is 2. The molecule has 0 spiro atoms. The maximum absolute atomic E-state index is 13.1. The highest BCUT2D eigenvalue weighted by atomic mass is 16.6. The third kappa shape index (κ3) is 7.28. The van der Waals surface area contributed by atoms with E-state index in [-0.39, 0.29) is 24.3 Å². The molecule has 2 aromatic heterocycles. The van der Waals surface area contributed by atoms with E-state index in [4.69, 9.17) is 14.5 Å². The SMILES string of the molecule is CC(C)(C)OC(=O)N1CC(C2CC2)=CC1c1ncc(-c2ccc(-c3ccc(-c4cnc(C5CCCN5C(=O)OC(C)(C)C)[nH]4)cc3)cc2)[nH]1. The van der Waals surface area contributed by atoms with Crippen molar-refractivity contribution in [2.75, 3.05) is 13.1 Å². The van der Waals surface area contributed by atoms with Gasteiger partial charge in [-0.15, -0.1) is 0 Å². The van der Waals surface area contributed by atoms with E-state index in [1.54, 1.807) is 9.80 Å². The summed E-state index contributed by atoms with van der Waals surface area (Å²) in [5.41, 5.74) is 6.25. The third-order valence-electron chi connectivity index (χ3n) is 9.18. The monoisotopic (exact) mass is 662 g/mol. The second-order valence-corrected chi connectivity index (χ2v) is 15.4. The Morgan fingerprint density at radius 2 is 1.18 bits per heavy atom. The fourth-order valence-electron chi connectivity index (χ4n) is 6.65. The summed E-state index contributed by atoms with van der Waals surface area (Å²) >= 11 is 0. The fraction of sp³-hybridized carbons (Fsp3) is 0.436. The number of amides is 2. The second-order valence-electron chi connectivity index (χ2n) is 15.4. The van der Waals surface area contributed by atoms with Crippen LogP contribution in [0.15, 0.2) is 72.6 Å². The van der Waals surface area contributed by atoms with Gasteiger partial charge in [-0.3, -0.25) is 9.80 Å². The molecule has 2 aromatic carbocycles. The van der Waals surface area contributed by atoms with E-state index in [0.717, 1.165) is 58.1 Å². The van der Waals surface area contributed by atoms with Crippen molar-refractivity contribution >= 4 is 12.2 Å². The largest absolute Gasteiger partial charge is 0.444 e. The molecule has 2 fully saturated rings. The number of nitrogens with one attached hydrogen (secondary N) is 2. The van der Waals surface area contributed by atoms with Crippen LogP contribution < -0.4 is 0 Å². The van der Waals surface area contributed by atoms with Crippen LogP contribution in [0.3, 0.4) is 0 Å². The van der Waals surface area contributed by atoms with Gasteiger partial charge in [-0.2, -0.15) is 0 Å². The van der Waals surface area contributed by atoms with Crippen molar-refractivity contribution in [2.45, 2.75) is 90.5 Å². The molecule has 2 unspecified atom stereocenters. The predicted octanol–water partition coefficient (Wildman–Crippen LogP) is 8.83. The number of aromatic amines is 2. The summed E-state index contributed by atoms with van der Waals surface area (Å²) < 4.78 is 11.4. The number of nitrogens with zero attached hydrogens (tertiary/aromatic N) is 4. The van der Waals surface area contributed by atoms with Crippen LogP contribution >= 0.6 is 0 Å². The normalized spacial score (nSPS) is 19.7.